The van der Waals surface area contributed by atoms with Crippen LogP contribution >= 0.6 is 0 Å². The van der Waals surface area contributed by atoms with Gasteiger partial charge in [0.1, 0.15) is 17.4 Å². The summed E-state index contributed by atoms with van der Waals surface area (Å²) >= 11 is 0. The van der Waals surface area contributed by atoms with E-state index in [0.29, 0.717) is 36.8 Å². The number of rotatable bonds is 9. The minimum absolute atomic E-state index is 0.00778. The zero-order valence-electron chi connectivity index (χ0n) is 21.1. The van der Waals surface area contributed by atoms with Crippen molar-refractivity contribution in [2.45, 2.75) is 38.8 Å². The number of halogens is 2. The van der Waals surface area contributed by atoms with Gasteiger partial charge in [0.15, 0.2) is 0 Å². The predicted octanol–water partition coefficient (Wildman–Crippen LogP) is 6.33. The van der Waals surface area contributed by atoms with Gasteiger partial charge in [0.25, 0.3) is 5.91 Å². The lowest BCUT2D eigenvalue weighted by Gasteiger charge is -2.26. The van der Waals surface area contributed by atoms with Crippen molar-refractivity contribution >= 4 is 5.91 Å². The largest absolute Gasteiger partial charge is 0.438 e. The first-order valence-electron chi connectivity index (χ1n) is 12.8. The number of hydrogen-bond donors (Lipinski definition) is 0. The van der Waals surface area contributed by atoms with Gasteiger partial charge in [-0.05, 0) is 55.7 Å². The monoisotopic (exact) mass is 517 g/mol. The summed E-state index contributed by atoms with van der Waals surface area (Å²) in [4.78, 5) is 15.3. The fraction of sp³-hybridized carbons (Fsp3) is 0.267. The van der Waals surface area contributed by atoms with Gasteiger partial charge >= 0.3 is 0 Å². The van der Waals surface area contributed by atoms with Gasteiger partial charge in [-0.15, -0.1) is 0 Å². The van der Waals surface area contributed by atoms with E-state index in [2.05, 4.69) is 0 Å². The lowest BCUT2D eigenvalue weighted by molar-refractivity contribution is 0.0502. The van der Waals surface area contributed by atoms with E-state index >= 15 is 0 Å². The van der Waals surface area contributed by atoms with Crippen LogP contribution in [0.1, 0.15) is 41.4 Å². The highest BCUT2D eigenvalue weighted by atomic mass is 19.1. The lowest BCUT2D eigenvalue weighted by Crippen LogP contribution is -2.37. The molecule has 0 bridgehead atoms. The van der Waals surface area contributed by atoms with Crippen molar-refractivity contribution in [2.75, 3.05) is 13.2 Å². The molecule has 4 aromatic rings. The van der Waals surface area contributed by atoms with Gasteiger partial charge in [0, 0.05) is 19.2 Å². The molecule has 6 nitrogen and oxygen atoms in total. The third kappa shape index (κ3) is 5.60. The standard InChI is InChI=1S/C30H29F2N3O3/c1-2-28-26(20-34(19-24-14-9-17-37-24)29(36)25-15-6-7-16-27(25)32)30(38-23-13-8-10-21(31)18-23)35(33-28)22-11-4-3-5-12-22/h3-8,10-13,15-16,18,24H,2,9,14,17,19-20H2,1H3. The number of carbonyl (C=O) groups is 1. The number of nitrogens with zero attached hydrogens (tertiary/aromatic N) is 3. The van der Waals surface area contributed by atoms with Crippen LogP contribution in [0.3, 0.4) is 0 Å². The summed E-state index contributed by atoms with van der Waals surface area (Å²) in [6.07, 6.45) is 2.15. The van der Waals surface area contributed by atoms with Crippen LogP contribution in [0.25, 0.3) is 5.69 Å². The van der Waals surface area contributed by atoms with Gasteiger partial charge in [-0.3, -0.25) is 4.79 Å². The maximum atomic E-state index is 14.7. The van der Waals surface area contributed by atoms with Crippen LogP contribution in [-0.2, 0) is 17.7 Å². The van der Waals surface area contributed by atoms with Crippen LogP contribution in [0.2, 0.25) is 0 Å². The van der Waals surface area contributed by atoms with Gasteiger partial charge in [0.05, 0.1) is 35.2 Å². The number of aromatic nitrogens is 2. The number of ether oxygens (including phenoxy) is 2. The number of carbonyl (C=O) groups excluding carboxylic acids is 1. The van der Waals surface area contributed by atoms with E-state index in [1.54, 1.807) is 33.8 Å². The first kappa shape index (κ1) is 25.6. The van der Waals surface area contributed by atoms with E-state index < -0.39 is 17.5 Å². The summed E-state index contributed by atoms with van der Waals surface area (Å²) in [5.74, 6) is -0.777. The molecule has 1 fully saturated rings. The molecule has 196 valence electrons. The third-order valence-corrected chi connectivity index (χ3v) is 6.55. The average molecular weight is 518 g/mol. The molecule has 0 radical (unpaired) electrons. The quantitative estimate of drug-likeness (QED) is 0.261. The molecule has 5 rings (SSSR count). The zero-order valence-corrected chi connectivity index (χ0v) is 21.1. The van der Waals surface area contributed by atoms with Crippen LogP contribution in [0.15, 0.2) is 78.9 Å². The maximum absolute atomic E-state index is 14.7. The molecule has 0 N–H and O–H groups in total. The van der Waals surface area contributed by atoms with Gasteiger partial charge in [-0.1, -0.05) is 43.3 Å². The second-order valence-electron chi connectivity index (χ2n) is 9.19. The van der Waals surface area contributed by atoms with E-state index in [0.717, 1.165) is 24.2 Å². The van der Waals surface area contributed by atoms with Crippen molar-refractivity contribution in [1.29, 1.82) is 0 Å². The van der Waals surface area contributed by atoms with E-state index in [-0.39, 0.29) is 18.2 Å². The first-order valence-corrected chi connectivity index (χ1v) is 12.8. The molecular weight excluding hydrogens is 488 g/mol. The highest BCUT2D eigenvalue weighted by Gasteiger charge is 2.29. The van der Waals surface area contributed by atoms with E-state index in [4.69, 9.17) is 14.6 Å². The molecule has 1 amide bonds. The molecule has 2 heterocycles. The molecule has 8 heteroatoms. The molecule has 1 aromatic heterocycles. The molecular formula is C30H29F2N3O3. The maximum Gasteiger partial charge on any atom is 0.257 e. The number of hydrogen-bond acceptors (Lipinski definition) is 4. The minimum atomic E-state index is -0.582. The van der Waals surface area contributed by atoms with Crippen LogP contribution in [0.4, 0.5) is 8.78 Å². The number of amides is 1. The molecule has 1 unspecified atom stereocenters. The van der Waals surface area contributed by atoms with Crippen LogP contribution in [-0.4, -0.2) is 39.8 Å². The second kappa shape index (κ2) is 11.6. The number of aryl methyl sites for hydroxylation is 1. The SMILES string of the molecule is CCc1nn(-c2ccccc2)c(Oc2cccc(F)c2)c1CN(CC1CCCO1)C(=O)c1ccccc1F. The van der Waals surface area contributed by atoms with Gasteiger partial charge in [-0.25, -0.2) is 13.5 Å². The summed E-state index contributed by atoms with van der Waals surface area (Å²) in [7, 11) is 0. The Labute approximate surface area is 220 Å². The lowest BCUT2D eigenvalue weighted by atomic mass is 10.1. The summed E-state index contributed by atoms with van der Waals surface area (Å²) in [6, 6.07) is 21.3. The van der Waals surface area contributed by atoms with Gasteiger partial charge in [0.2, 0.25) is 5.88 Å². The Morgan fingerprint density at radius 2 is 1.87 bits per heavy atom. The fourth-order valence-electron chi connectivity index (χ4n) is 4.66. The molecule has 0 saturated carbocycles. The molecule has 1 aliphatic heterocycles. The van der Waals surface area contributed by atoms with E-state index in [9.17, 15) is 13.6 Å². The van der Waals surface area contributed by atoms with Gasteiger partial charge < -0.3 is 14.4 Å². The summed E-state index contributed by atoms with van der Waals surface area (Å²) in [5.41, 5.74) is 2.14. The molecule has 3 aromatic carbocycles. The Kier molecular flexibility index (Phi) is 7.79. The molecule has 1 aliphatic rings. The average Bonchev–Trinajstić information content (AvgIpc) is 3.57. The summed E-state index contributed by atoms with van der Waals surface area (Å²) in [6.45, 7) is 3.02. The predicted molar refractivity (Wildman–Crippen MR) is 140 cm³/mol. The van der Waals surface area contributed by atoms with Crippen molar-refractivity contribution < 1.29 is 23.0 Å². The molecule has 1 saturated heterocycles. The molecule has 38 heavy (non-hydrogen) atoms. The minimum Gasteiger partial charge on any atom is -0.438 e. The summed E-state index contributed by atoms with van der Waals surface area (Å²) < 4.78 is 42.4. The third-order valence-electron chi connectivity index (χ3n) is 6.55. The van der Waals surface area contributed by atoms with Crippen molar-refractivity contribution in [1.82, 2.24) is 14.7 Å². The van der Waals surface area contributed by atoms with Crippen molar-refractivity contribution in [3.05, 3.63) is 107 Å². The Hall–Kier alpha value is -4.04. The molecule has 1 atom stereocenters. The Balaban J connectivity index is 1.59. The Bertz CT molecular complexity index is 1400. The summed E-state index contributed by atoms with van der Waals surface area (Å²) in [5, 5.41) is 4.81. The van der Waals surface area contributed by atoms with Crippen molar-refractivity contribution in [3.63, 3.8) is 0 Å². The zero-order chi connectivity index (χ0) is 26.5. The van der Waals surface area contributed by atoms with Gasteiger partial charge in [-0.2, -0.15) is 5.10 Å². The Morgan fingerprint density at radius 3 is 2.58 bits per heavy atom. The fourth-order valence-corrected chi connectivity index (χ4v) is 4.66. The first-order chi connectivity index (χ1) is 18.5. The van der Waals surface area contributed by atoms with Crippen LogP contribution in [0.5, 0.6) is 11.6 Å². The van der Waals surface area contributed by atoms with Crippen LogP contribution < -0.4 is 4.74 Å². The van der Waals surface area contributed by atoms with Crippen LogP contribution in [0, 0.1) is 11.6 Å². The number of benzene rings is 3. The van der Waals surface area contributed by atoms with Crippen molar-refractivity contribution in [2.24, 2.45) is 0 Å². The highest BCUT2D eigenvalue weighted by molar-refractivity contribution is 5.94. The second-order valence-corrected chi connectivity index (χ2v) is 9.19. The van der Waals surface area contributed by atoms with E-state index in [1.165, 1.54) is 24.3 Å². The smallest absolute Gasteiger partial charge is 0.257 e. The normalized spacial score (nSPS) is 15.0. The topological polar surface area (TPSA) is 56.6 Å². The molecule has 0 spiro atoms. The Morgan fingerprint density at radius 1 is 1.08 bits per heavy atom. The van der Waals surface area contributed by atoms with E-state index in [1.807, 2.05) is 37.3 Å². The van der Waals surface area contributed by atoms with Crippen molar-refractivity contribution in [3.8, 4) is 17.3 Å². The highest BCUT2D eigenvalue weighted by Crippen LogP contribution is 2.33. The molecule has 0 aliphatic carbocycles. The number of para-hydroxylation sites is 1.